The molecule has 2 fully saturated rings. The van der Waals surface area contributed by atoms with Gasteiger partial charge in [-0.25, -0.2) is 9.59 Å². The number of methoxy groups -OCH3 is 4. The molecule has 696 valence electrons. The normalized spacial score (nSPS) is 15.9. The molecule has 0 saturated carbocycles. The van der Waals surface area contributed by atoms with E-state index in [1.54, 1.807) is 39.1 Å². The second kappa shape index (κ2) is 55.1. The Bertz CT molecular complexity index is 5060. The largest absolute Gasteiger partial charge is 0.481 e. The third-order valence-electron chi connectivity index (χ3n) is 19.7. The van der Waals surface area contributed by atoms with E-state index in [0.717, 1.165) is 70.0 Å². The maximum Gasteiger partial charge on any atom is 0.471 e. The molecule has 2 aliphatic heterocycles. The number of alkyl halides is 6. The number of unbranched alkanes of at least 4 members (excludes halogenated alkanes) is 5. The Morgan fingerprint density at radius 3 is 1.25 bits per heavy atom. The summed E-state index contributed by atoms with van der Waals surface area (Å²) < 4.78 is 125. The summed E-state index contributed by atoms with van der Waals surface area (Å²) in [5.74, 6) is 8.02. The molecule has 0 aliphatic carbocycles. The van der Waals surface area contributed by atoms with Gasteiger partial charge >= 0.3 is 130 Å². The molecule has 8 aromatic rings. The molecule has 4 heterocycles. The molecular weight excluding hydrogens is 2020 g/mol. The molecule has 0 spiro atoms. The summed E-state index contributed by atoms with van der Waals surface area (Å²) >= 11 is 2.30. The predicted molar refractivity (Wildman–Crippen MR) is 479 cm³/mol. The van der Waals surface area contributed by atoms with Crippen molar-refractivity contribution in [1.82, 2.24) is 38.6 Å². The van der Waals surface area contributed by atoms with Crippen LogP contribution in [-0.2, 0) is 54.1 Å². The van der Waals surface area contributed by atoms with Crippen LogP contribution in [0.4, 0.5) is 26.3 Å². The Balaban J connectivity index is 0.000000357. The number of hydrogen-bond acceptors (Lipinski definition) is 22. The molecule has 0 bridgehead atoms. The number of aromatic amines is 2. The number of ether oxygens (including phenoxy) is 8. The van der Waals surface area contributed by atoms with Gasteiger partial charge in [-0.05, 0) is 108 Å². The molecule has 7 atom stereocenters. The zero-order valence-electron chi connectivity index (χ0n) is 69.7. The maximum absolute atomic E-state index is 13.0. The first-order valence-electron chi connectivity index (χ1n) is 39.8. The molecule has 30 nitrogen and oxygen atoms in total. The van der Waals surface area contributed by atoms with E-state index in [1.807, 2.05) is 158 Å². The Morgan fingerprint density at radius 2 is 0.914 bits per heavy atom. The molecule has 128 heavy (non-hydrogen) atoms. The number of H-pyrrole nitrogens is 2. The Morgan fingerprint density at radius 1 is 0.547 bits per heavy atom. The van der Waals surface area contributed by atoms with Crippen molar-refractivity contribution in [2.24, 2.45) is 11.5 Å². The zero-order valence-corrected chi connectivity index (χ0v) is 76.3. The number of carboxylic acid groups (broad SMARTS) is 1. The third kappa shape index (κ3) is 32.6. The number of hydrogen-bond donors (Lipinski definition) is 11. The van der Waals surface area contributed by atoms with E-state index in [0.29, 0.717) is 55.1 Å². The van der Waals surface area contributed by atoms with Crippen LogP contribution in [0.15, 0.2) is 189 Å². The van der Waals surface area contributed by atoms with Gasteiger partial charge in [0.15, 0.2) is 0 Å². The van der Waals surface area contributed by atoms with Crippen LogP contribution in [-0.4, -0.2) is 182 Å². The number of rotatable bonds is 38. The fraction of sp³-hybridized carbons (Fsp3) is 0.404. The number of aldehydes is 1. The van der Waals surface area contributed by atoms with Crippen molar-refractivity contribution in [3.63, 3.8) is 0 Å². The van der Waals surface area contributed by atoms with E-state index >= 15 is 0 Å². The van der Waals surface area contributed by atoms with Gasteiger partial charge in [0.05, 0.1) is 67.0 Å². The number of aromatic nitrogens is 4. The molecular formula is C89H106F6I3N10O20-. The van der Waals surface area contributed by atoms with Crippen LogP contribution in [0, 0.1) is 23.7 Å². The van der Waals surface area contributed by atoms with Crippen LogP contribution in [0.5, 0.6) is 23.0 Å². The maximum atomic E-state index is 13.0. The van der Waals surface area contributed by atoms with E-state index in [1.165, 1.54) is 17.0 Å². The number of amides is 3. The summed E-state index contributed by atoms with van der Waals surface area (Å²) in [7, 11) is 6.37. The van der Waals surface area contributed by atoms with Crippen LogP contribution in [0.1, 0.15) is 148 Å². The monoisotopic (exact) mass is 2130 g/mol. The van der Waals surface area contributed by atoms with Crippen LogP contribution in [0.2, 0.25) is 0 Å². The fourth-order valence-electron chi connectivity index (χ4n) is 13.2. The minimum Gasteiger partial charge on any atom is -0.481 e. The number of carbonyl (C=O) groups excluding carboxylic acids is 4. The number of carbonyl (C=O) groups is 5. The van der Waals surface area contributed by atoms with E-state index in [-0.39, 0.29) is 143 Å². The van der Waals surface area contributed by atoms with Crippen molar-refractivity contribution in [2.45, 2.75) is 157 Å². The number of nitrogens with two attached hydrogens (primary N) is 2. The second-order valence-corrected chi connectivity index (χ2v) is 32.0. The predicted octanol–water partition coefficient (Wildman–Crippen LogP) is 6.63. The van der Waals surface area contributed by atoms with Crippen molar-refractivity contribution < 1.29 is 121 Å². The van der Waals surface area contributed by atoms with Gasteiger partial charge in [0, 0.05) is 51.2 Å². The first kappa shape index (κ1) is 108. The summed E-state index contributed by atoms with van der Waals surface area (Å²) in [5, 5.41) is 36.6. The Labute approximate surface area is 772 Å². The summed E-state index contributed by atoms with van der Waals surface area (Å²) in [6.45, 7) is 0.283. The van der Waals surface area contributed by atoms with E-state index in [9.17, 15) is 79.7 Å². The number of nitrogens with zero attached hydrogens (tertiary/aromatic N) is 2. The third-order valence-corrected chi connectivity index (χ3v) is 22.3. The van der Waals surface area contributed by atoms with Gasteiger partial charge in [-0.2, -0.15) is 26.3 Å². The van der Waals surface area contributed by atoms with Gasteiger partial charge in [-0.1, -0.05) is 153 Å². The van der Waals surface area contributed by atoms with Crippen LogP contribution in [0.3, 0.4) is 0 Å². The van der Waals surface area contributed by atoms with Gasteiger partial charge in [-0.15, -0.1) is 24.0 Å². The van der Waals surface area contributed by atoms with Crippen molar-refractivity contribution in [2.75, 3.05) is 74.4 Å². The summed E-state index contributed by atoms with van der Waals surface area (Å²) in [6.07, 6.45) is -6.29. The molecule has 13 N–H and O–H groups in total. The number of aliphatic carboxylic acids is 1. The van der Waals surface area contributed by atoms with E-state index < -0.39 is 101 Å². The molecule has 2 aliphatic rings. The van der Waals surface area contributed by atoms with Gasteiger partial charge in [0.2, 0.25) is 5.91 Å². The molecule has 6 aromatic carbocycles. The minimum atomic E-state index is -4.94. The first-order chi connectivity index (χ1) is 60.4. The molecule has 0 radical (unpaired) electrons. The van der Waals surface area contributed by atoms with E-state index in [4.69, 9.17) is 54.5 Å². The van der Waals surface area contributed by atoms with Gasteiger partial charge in [0.1, 0.15) is 70.0 Å². The van der Waals surface area contributed by atoms with Crippen molar-refractivity contribution in [3.8, 4) is 46.7 Å². The van der Waals surface area contributed by atoms with Gasteiger partial charge in [0.25, 0.3) is 11.1 Å². The van der Waals surface area contributed by atoms with Gasteiger partial charge in [-0.3, -0.25) is 47.9 Å². The smallest absolute Gasteiger partial charge is 0.471 e. The summed E-state index contributed by atoms with van der Waals surface area (Å²) in [5.41, 5.74) is 10.5. The summed E-state index contributed by atoms with van der Waals surface area (Å²) in [6, 6.07) is 49.5. The van der Waals surface area contributed by atoms with Gasteiger partial charge < -0.3 is 74.9 Å². The summed E-state index contributed by atoms with van der Waals surface area (Å²) in [4.78, 5) is 109. The van der Waals surface area contributed by atoms with Crippen molar-refractivity contribution >= 4 is 72.6 Å². The molecule has 10 rings (SSSR count). The molecule has 3 amide bonds. The van der Waals surface area contributed by atoms with Crippen LogP contribution >= 0.6 is 42.6 Å². The van der Waals surface area contributed by atoms with Crippen LogP contribution in [0.25, 0.3) is 0 Å². The quantitative estimate of drug-likeness (QED) is 0.00368. The topological polar surface area (TPSA) is 430 Å². The SMILES string of the molecule is C.COc1ccc(C(OC[C@H]2O[C@@H](n3cc(C#CCN)c(=O)[nH]c3=O)C[C@H]2O)(c2ccccc2)c2ccc(OC)cc2)cc1.COc1ccc(C(OC[C@H]2O[C@@H](n3cc(C#CCNC(=O)CCCCCNC(=O)C(F)(F)F)c(=O)[nH]c3=O)C[C@H]2O)(c2ccccc2)c2ccc(OC)cc2)cc1.I.NCCCC[C@@H](C=O)N[I-]I.O=C(O)CCCCCNC(=O)C(F)(F)F. The molecule has 2 saturated heterocycles. The van der Waals surface area contributed by atoms with Crippen molar-refractivity contribution in [3.05, 3.63) is 256 Å². The number of nitrogens with one attached hydrogen (secondary N) is 6. The Kier molecular flexibility index (Phi) is 46.7. The zero-order chi connectivity index (χ0) is 91.8. The first-order valence-corrected chi connectivity index (χ1v) is 47.2. The average molecular weight is 2130 g/mol. The molecule has 39 heteroatoms. The van der Waals surface area contributed by atoms with Crippen LogP contribution < -0.4 is 89.9 Å². The van der Waals surface area contributed by atoms with Crippen molar-refractivity contribution in [1.29, 1.82) is 0 Å². The molecule has 0 unspecified atom stereocenters. The Hall–Kier alpha value is -10.0. The minimum absolute atomic E-state index is 0. The number of aliphatic hydroxyl groups is 2. The standard InChI is InChI=1S/C41H43F3N4O9.C33H33N3O7.C8H12F3NO3.C6H13I2N2O.CH4.HI/c1-54-31-18-14-29(15-19-31)40(28-11-5-3-6-12-28,30-16-20-32(55-2)21-17-30)56-26-34-33(49)24-36(57-34)48-25-27(37(51)47-39(48)53)10-9-23-45-35(50)13-7-4-8-22-46-38(52)41(42,43)44;1-40-26-14-10-24(11-15-26)33(23-8-4-3-5-9-23,25-12-16-27(41-2)17-13-25)42-21-29-28(37)19-30(43-29)36-20-22(7-6-18-34)31(38)35-32(36)39;9-8(10,11)7(15)12-5-3-1-2-4-6(13)14;7-8-10-6(5-11)3-1-2-4-9;;/h3,5-6,11-12,14-21,25,33-34,36,49H,4,7-8,13,22-24,26H2,1-2H3,(H,45,50)(H,46,52)(H,47,51,53);3-5,8-17,20,28-30,37H,18-19,21,34H2,1-2H3,(H,35,38,39);1-5H2,(H,12,15)(H,13,14);5-6,10H,1-4,9H2;1H4;1H/q;;;-1;;/t33-,34-,36-;28-,29-,30-;;6-;;/m11.0../s1. The molecule has 2 aromatic heterocycles. The second-order valence-electron chi connectivity index (χ2n) is 28.2. The number of benzene rings is 6. The fourth-order valence-corrected chi connectivity index (χ4v) is 16.0. The number of halogens is 9. The van der Waals surface area contributed by atoms with E-state index in [2.05, 4.69) is 61.1 Å². The number of carboxylic acids is 1. The number of aliphatic hydroxyl groups excluding tert-OH is 2. The average Bonchev–Trinajstić information content (AvgIpc) is 0.853.